The fourth-order valence-corrected chi connectivity index (χ4v) is 2.37. The molecule has 0 saturated heterocycles. The third-order valence-corrected chi connectivity index (χ3v) is 3.48. The first-order valence-corrected chi connectivity index (χ1v) is 6.50. The topological polar surface area (TPSA) is 66.0 Å². The molecule has 0 aliphatic heterocycles. The average Bonchev–Trinajstić information content (AvgIpc) is 2.80. The van der Waals surface area contributed by atoms with Gasteiger partial charge in [-0.15, -0.1) is 5.10 Å². The van der Waals surface area contributed by atoms with E-state index in [1.807, 2.05) is 6.20 Å². The molecule has 1 aromatic heterocycles. The molecular formula is C12H22N4O. The molecule has 1 aliphatic rings. The van der Waals surface area contributed by atoms with E-state index < -0.39 is 0 Å². The first kappa shape index (κ1) is 12.5. The zero-order valence-electron chi connectivity index (χ0n) is 10.5. The molecule has 1 aliphatic carbocycles. The first-order valence-electron chi connectivity index (χ1n) is 6.50. The zero-order chi connectivity index (χ0) is 12.1. The normalized spacial score (nSPS) is 25.1. The monoisotopic (exact) mass is 238 g/mol. The highest BCUT2D eigenvalue weighted by Gasteiger charge is 2.21. The van der Waals surface area contributed by atoms with Crippen LogP contribution in [0.15, 0.2) is 6.20 Å². The van der Waals surface area contributed by atoms with Crippen molar-refractivity contribution in [1.82, 2.24) is 15.0 Å². The summed E-state index contributed by atoms with van der Waals surface area (Å²) in [6.07, 6.45) is 7.46. The van der Waals surface area contributed by atoms with E-state index in [4.69, 9.17) is 10.5 Å². The predicted octanol–water partition coefficient (Wildman–Crippen LogP) is 1.33. The Kier molecular flexibility index (Phi) is 4.50. The Morgan fingerprint density at radius 1 is 1.47 bits per heavy atom. The highest BCUT2D eigenvalue weighted by molar-refractivity contribution is 4.90. The van der Waals surface area contributed by atoms with E-state index in [1.54, 1.807) is 4.68 Å². The number of rotatable bonds is 5. The highest BCUT2D eigenvalue weighted by atomic mass is 16.5. The SMILES string of the molecule is CC1CCCCC1OCCn1cc(CN)nn1. The van der Waals surface area contributed by atoms with Crippen LogP contribution < -0.4 is 5.73 Å². The second-order valence-corrected chi connectivity index (χ2v) is 4.85. The van der Waals surface area contributed by atoms with E-state index in [-0.39, 0.29) is 0 Å². The van der Waals surface area contributed by atoms with Gasteiger partial charge in [-0.1, -0.05) is 25.0 Å². The molecule has 0 amide bonds. The molecule has 5 nitrogen and oxygen atoms in total. The standard InChI is InChI=1S/C12H22N4O/c1-10-4-2-3-5-12(10)17-7-6-16-9-11(8-13)14-15-16/h9-10,12H,2-8,13H2,1H3. The minimum absolute atomic E-state index is 0.432. The molecule has 2 N–H and O–H groups in total. The molecule has 1 aromatic rings. The van der Waals surface area contributed by atoms with Crippen LogP contribution in [-0.2, 0) is 17.8 Å². The van der Waals surface area contributed by atoms with Gasteiger partial charge in [0.25, 0.3) is 0 Å². The lowest BCUT2D eigenvalue weighted by atomic mass is 9.88. The average molecular weight is 238 g/mol. The number of nitrogens with two attached hydrogens (primary N) is 1. The Morgan fingerprint density at radius 3 is 3.00 bits per heavy atom. The first-order chi connectivity index (χ1) is 8.29. The van der Waals surface area contributed by atoms with Crippen molar-refractivity contribution < 1.29 is 4.74 Å². The van der Waals surface area contributed by atoms with Crippen LogP contribution in [0.25, 0.3) is 0 Å². The van der Waals surface area contributed by atoms with Crippen molar-refractivity contribution in [2.75, 3.05) is 6.61 Å². The van der Waals surface area contributed by atoms with Crippen molar-refractivity contribution in [3.05, 3.63) is 11.9 Å². The van der Waals surface area contributed by atoms with Crippen LogP contribution in [0, 0.1) is 5.92 Å². The summed E-state index contributed by atoms with van der Waals surface area (Å²) in [5.41, 5.74) is 6.31. The fourth-order valence-electron chi connectivity index (χ4n) is 2.37. The maximum absolute atomic E-state index is 5.92. The van der Waals surface area contributed by atoms with Crippen molar-refractivity contribution in [3.63, 3.8) is 0 Å². The third kappa shape index (κ3) is 3.51. The Labute approximate surface area is 102 Å². The summed E-state index contributed by atoms with van der Waals surface area (Å²) in [6, 6.07) is 0. The summed E-state index contributed by atoms with van der Waals surface area (Å²) in [5, 5.41) is 7.94. The van der Waals surface area contributed by atoms with Gasteiger partial charge in [0.1, 0.15) is 0 Å². The molecule has 0 bridgehead atoms. The summed E-state index contributed by atoms with van der Waals surface area (Å²) in [5.74, 6) is 0.694. The number of ether oxygens (including phenoxy) is 1. The number of hydrogen-bond acceptors (Lipinski definition) is 4. The molecule has 0 radical (unpaired) electrons. The lowest BCUT2D eigenvalue weighted by molar-refractivity contribution is -0.00944. The molecule has 2 unspecified atom stereocenters. The van der Waals surface area contributed by atoms with E-state index >= 15 is 0 Å². The highest BCUT2D eigenvalue weighted by Crippen LogP contribution is 2.26. The molecular weight excluding hydrogens is 216 g/mol. The molecule has 5 heteroatoms. The van der Waals surface area contributed by atoms with Crippen LogP contribution in [0.2, 0.25) is 0 Å². The van der Waals surface area contributed by atoms with E-state index in [1.165, 1.54) is 25.7 Å². The summed E-state index contributed by atoms with van der Waals surface area (Å²) in [7, 11) is 0. The Balaban J connectivity index is 1.71. The van der Waals surface area contributed by atoms with E-state index in [2.05, 4.69) is 17.2 Å². The van der Waals surface area contributed by atoms with Crippen molar-refractivity contribution in [2.45, 2.75) is 51.8 Å². The molecule has 2 rings (SSSR count). The molecule has 1 saturated carbocycles. The summed E-state index contributed by atoms with van der Waals surface area (Å²) in [4.78, 5) is 0. The quantitative estimate of drug-likeness (QED) is 0.840. The van der Waals surface area contributed by atoms with Crippen molar-refractivity contribution >= 4 is 0 Å². The number of aromatic nitrogens is 3. The van der Waals surface area contributed by atoms with Gasteiger partial charge < -0.3 is 10.5 Å². The second-order valence-electron chi connectivity index (χ2n) is 4.85. The largest absolute Gasteiger partial charge is 0.376 e. The molecule has 0 aromatic carbocycles. The van der Waals surface area contributed by atoms with Gasteiger partial charge in [-0.25, -0.2) is 4.68 Å². The van der Waals surface area contributed by atoms with Gasteiger partial charge in [0.15, 0.2) is 0 Å². The fraction of sp³-hybridized carbons (Fsp3) is 0.833. The maximum Gasteiger partial charge on any atom is 0.0962 e. The Hall–Kier alpha value is -0.940. The summed E-state index contributed by atoms with van der Waals surface area (Å²) in [6.45, 7) is 4.20. The maximum atomic E-state index is 5.92. The van der Waals surface area contributed by atoms with Crippen LogP contribution in [0.3, 0.4) is 0 Å². The molecule has 2 atom stereocenters. The van der Waals surface area contributed by atoms with Gasteiger partial charge in [-0.3, -0.25) is 0 Å². The van der Waals surface area contributed by atoms with Crippen molar-refractivity contribution in [3.8, 4) is 0 Å². The van der Waals surface area contributed by atoms with Gasteiger partial charge >= 0.3 is 0 Å². The van der Waals surface area contributed by atoms with Crippen LogP contribution >= 0.6 is 0 Å². The van der Waals surface area contributed by atoms with Crippen molar-refractivity contribution in [1.29, 1.82) is 0 Å². The van der Waals surface area contributed by atoms with Gasteiger partial charge in [0.05, 0.1) is 24.9 Å². The minimum atomic E-state index is 0.432. The molecule has 0 spiro atoms. The van der Waals surface area contributed by atoms with Gasteiger partial charge in [-0.2, -0.15) is 0 Å². The smallest absolute Gasteiger partial charge is 0.0962 e. The van der Waals surface area contributed by atoms with E-state index in [0.29, 0.717) is 25.2 Å². The van der Waals surface area contributed by atoms with Gasteiger partial charge in [0.2, 0.25) is 0 Å². The van der Waals surface area contributed by atoms with Crippen LogP contribution in [0.4, 0.5) is 0 Å². The number of nitrogens with zero attached hydrogens (tertiary/aromatic N) is 3. The Morgan fingerprint density at radius 2 is 2.29 bits per heavy atom. The molecule has 96 valence electrons. The van der Waals surface area contributed by atoms with Crippen LogP contribution in [0.5, 0.6) is 0 Å². The summed E-state index contributed by atoms with van der Waals surface area (Å²) >= 11 is 0. The molecule has 17 heavy (non-hydrogen) atoms. The second kappa shape index (κ2) is 6.12. The molecule has 1 heterocycles. The number of hydrogen-bond donors (Lipinski definition) is 1. The van der Waals surface area contributed by atoms with Gasteiger partial charge in [-0.05, 0) is 18.8 Å². The van der Waals surface area contributed by atoms with Crippen LogP contribution in [0.1, 0.15) is 38.3 Å². The summed E-state index contributed by atoms with van der Waals surface area (Å²) < 4.78 is 7.72. The van der Waals surface area contributed by atoms with Crippen molar-refractivity contribution in [2.24, 2.45) is 11.7 Å². The third-order valence-electron chi connectivity index (χ3n) is 3.48. The van der Waals surface area contributed by atoms with Gasteiger partial charge in [0, 0.05) is 12.7 Å². The van der Waals surface area contributed by atoms with E-state index in [9.17, 15) is 0 Å². The molecule has 1 fully saturated rings. The van der Waals surface area contributed by atoms with E-state index in [0.717, 1.165) is 12.2 Å². The Bertz CT molecular complexity index is 339. The minimum Gasteiger partial charge on any atom is -0.376 e. The van der Waals surface area contributed by atoms with Crippen LogP contribution in [-0.4, -0.2) is 27.7 Å². The lowest BCUT2D eigenvalue weighted by Crippen LogP contribution is -2.27. The zero-order valence-corrected chi connectivity index (χ0v) is 10.5. The lowest BCUT2D eigenvalue weighted by Gasteiger charge is -2.28. The predicted molar refractivity (Wildman–Crippen MR) is 65.3 cm³/mol.